The van der Waals surface area contributed by atoms with Crippen LogP contribution in [0.25, 0.3) is 11.1 Å². The van der Waals surface area contributed by atoms with E-state index in [9.17, 15) is 9.59 Å². The third-order valence-corrected chi connectivity index (χ3v) is 7.46. The lowest BCUT2D eigenvalue weighted by molar-refractivity contribution is -0.119. The van der Waals surface area contributed by atoms with Gasteiger partial charge in [0.15, 0.2) is 5.78 Å². The Morgan fingerprint density at radius 3 is 2.58 bits per heavy atom. The second-order valence-electron chi connectivity index (χ2n) is 10.4. The summed E-state index contributed by atoms with van der Waals surface area (Å²) in [5, 5.41) is 7.39. The fourth-order valence-corrected chi connectivity index (χ4v) is 4.74. The van der Waals surface area contributed by atoms with Crippen LogP contribution in [0.4, 0.5) is 0 Å². The number of hydrogen-bond donors (Lipinski definition) is 1. The van der Waals surface area contributed by atoms with Crippen LogP contribution in [0.5, 0.6) is 0 Å². The zero-order valence-electron chi connectivity index (χ0n) is 22.1. The van der Waals surface area contributed by atoms with E-state index in [0.717, 1.165) is 66.6 Å². The number of benzene rings is 1. The molecule has 5 rings (SSSR count). The van der Waals surface area contributed by atoms with Crippen LogP contribution in [0.1, 0.15) is 60.7 Å². The molecular formula is C31H36N4O3. The Balaban J connectivity index is 1.09. The number of hydrogen-bond acceptors (Lipinski definition) is 6. The minimum absolute atomic E-state index is 0.124. The SMILES string of the molecule is CC(C(=O)Cc1cc(C2CC2)n[nH]1)c1ccc(-c2ccc(CCC(=O)/C=C/CN3CCOCC3)nc2)cc1. The summed E-state index contributed by atoms with van der Waals surface area (Å²) in [4.78, 5) is 31.9. The highest BCUT2D eigenvalue weighted by molar-refractivity contribution is 5.89. The van der Waals surface area contributed by atoms with E-state index in [4.69, 9.17) is 4.74 Å². The maximum absolute atomic E-state index is 12.8. The lowest BCUT2D eigenvalue weighted by Gasteiger charge is -2.24. The van der Waals surface area contributed by atoms with E-state index < -0.39 is 0 Å². The first-order chi connectivity index (χ1) is 18.5. The summed E-state index contributed by atoms with van der Waals surface area (Å²) in [7, 11) is 0. The van der Waals surface area contributed by atoms with Gasteiger partial charge in [-0.1, -0.05) is 43.3 Å². The smallest absolute Gasteiger partial charge is 0.155 e. The number of ether oxygens (including phenoxy) is 1. The van der Waals surface area contributed by atoms with Gasteiger partial charge in [0.05, 0.1) is 18.9 Å². The minimum Gasteiger partial charge on any atom is -0.379 e. The molecule has 0 radical (unpaired) electrons. The number of carbonyl (C=O) groups excluding carboxylic acids is 2. The fraction of sp³-hybridized carbons (Fsp3) is 0.419. The number of aromatic nitrogens is 3. The highest BCUT2D eigenvalue weighted by Crippen LogP contribution is 2.39. The molecule has 2 fully saturated rings. The summed E-state index contributed by atoms with van der Waals surface area (Å²) in [5.74, 6) is 0.705. The Morgan fingerprint density at radius 2 is 1.87 bits per heavy atom. The molecular weight excluding hydrogens is 476 g/mol. The van der Waals surface area contributed by atoms with Crippen LogP contribution in [0.15, 0.2) is 60.8 Å². The van der Waals surface area contributed by atoms with Crippen LogP contribution in [0.2, 0.25) is 0 Å². The zero-order valence-corrected chi connectivity index (χ0v) is 22.1. The summed E-state index contributed by atoms with van der Waals surface area (Å²) in [5.41, 5.74) is 5.97. The lowest BCUT2D eigenvalue weighted by Crippen LogP contribution is -2.36. The second kappa shape index (κ2) is 12.4. The number of pyridine rings is 1. The third kappa shape index (κ3) is 7.11. The predicted octanol–water partition coefficient (Wildman–Crippen LogP) is 4.65. The van der Waals surface area contributed by atoms with E-state index in [2.05, 4.69) is 20.1 Å². The van der Waals surface area contributed by atoms with E-state index >= 15 is 0 Å². The first-order valence-electron chi connectivity index (χ1n) is 13.7. The molecule has 2 aliphatic rings. The topological polar surface area (TPSA) is 88.2 Å². The van der Waals surface area contributed by atoms with Crippen molar-refractivity contribution in [1.82, 2.24) is 20.1 Å². The molecule has 1 saturated heterocycles. The van der Waals surface area contributed by atoms with Gasteiger partial charge in [0.2, 0.25) is 0 Å². The number of nitrogens with zero attached hydrogens (tertiary/aromatic N) is 3. The van der Waals surface area contributed by atoms with Gasteiger partial charge in [-0.05, 0) is 48.6 Å². The average Bonchev–Trinajstić information content (AvgIpc) is 3.71. The number of aromatic amines is 1. The molecule has 0 bridgehead atoms. The van der Waals surface area contributed by atoms with Crippen molar-refractivity contribution in [2.45, 2.75) is 50.9 Å². The number of nitrogens with one attached hydrogen (secondary N) is 1. The number of H-pyrrole nitrogens is 1. The number of allylic oxidation sites excluding steroid dienone is 1. The maximum atomic E-state index is 12.8. The third-order valence-electron chi connectivity index (χ3n) is 7.46. The summed E-state index contributed by atoms with van der Waals surface area (Å²) in [6, 6.07) is 14.2. The standard InChI is InChI=1S/C31H36N4O3/c1-22(31(37)20-28-19-30(34-33-28)25-8-9-25)23-4-6-24(7-5-23)26-10-11-27(32-21-26)12-13-29(36)3-2-14-35-15-17-38-18-16-35/h2-7,10-11,19,21-22,25H,8-9,12-18,20H2,1H3,(H,33,34)/b3-2+. The van der Waals surface area contributed by atoms with Crippen LogP contribution in [0, 0.1) is 0 Å². The van der Waals surface area contributed by atoms with E-state index in [1.165, 1.54) is 12.8 Å². The molecule has 3 heterocycles. The first kappa shape index (κ1) is 26.2. The van der Waals surface area contributed by atoms with Gasteiger partial charge in [0, 0.05) is 67.5 Å². The normalized spacial score (nSPS) is 17.1. The molecule has 7 nitrogen and oxygen atoms in total. The number of ketones is 2. The summed E-state index contributed by atoms with van der Waals surface area (Å²) in [6.45, 7) is 6.12. The fourth-order valence-electron chi connectivity index (χ4n) is 4.74. The molecule has 1 aromatic carbocycles. The molecule has 3 aromatic rings. The molecule has 1 N–H and O–H groups in total. The van der Waals surface area contributed by atoms with Gasteiger partial charge in [-0.15, -0.1) is 0 Å². The largest absolute Gasteiger partial charge is 0.379 e. The van der Waals surface area contributed by atoms with Crippen LogP contribution in [-0.2, 0) is 27.2 Å². The first-order valence-corrected chi connectivity index (χ1v) is 13.7. The van der Waals surface area contributed by atoms with Crippen molar-refractivity contribution in [1.29, 1.82) is 0 Å². The van der Waals surface area contributed by atoms with Crippen molar-refractivity contribution < 1.29 is 14.3 Å². The lowest BCUT2D eigenvalue weighted by atomic mass is 9.92. The van der Waals surface area contributed by atoms with Crippen molar-refractivity contribution in [2.24, 2.45) is 0 Å². The zero-order chi connectivity index (χ0) is 26.3. The van der Waals surface area contributed by atoms with Crippen LogP contribution >= 0.6 is 0 Å². The van der Waals surface area contributed by atoms with Gasteiger partial charge in [-0.2, -0.15) is 5.10 Å². The van der Waals surface area contributed by atoms with Gasteiger partial charge < -0.3 is 4.74 Å². The van der Waals surface area contributed by atoms with Gasteiger partial charge in [0.25, 0.3) is 0 Å². The number of morpholine rings is 1. The molecule has 38 heavy (non-hydrogen) atoms. The Hall–Kier alpha value is -3.42. The molecule has 7 heteroatoms. The quantitative estimate of drug-likeness (QED) is 0.355. The van der Waals surface area contributed by atoms with E-state index in [-0.39, 0.29) is 17.5 Å². The number of aryl methyl sites for hydroxylation is 1. The van der Waals surface area contributed by atoms with Crippen LogP contribution < -0.4 is 0 Å². The second-order valence-corrected chi connectivity index (χ2v) is 10.4. The highest BCUT2D eigenvalue weighted by atomic mass is 16.5. The maximum Gasteiger partial charge on any atom is 0.155 e. The molecule has 0 spiro atoms. The Bertz CT molecular complexity index is 1250. The monoisotopic (exact) mass is 512 g/mol. The predicted molar refractivity (Wildman–Crippen MR) is 147 cm³/mol. The molecule has 0 amide bonds. The highest BCUT2D eigenvalue weighted by Gasteiger charge is 2.26. The van der Waals surface area contributed by atoms with Gasteiger partial charge >= 0.3 is 0 Å². The number of Topliss-reactive ketones (excluding diaryl/α,β-unsaturated/α-hetero) is 1. The van der Waals surface area contributed by atoms with Crippen molar-refractivity contribution in [3.63, 3.8) is 0 Å². The van der Waals surface area contributed by atoms with Crippen molar-refractivity contribution in [2.75, 3.05) is 32.8 Å². The molecule has 1 atom stereocenters. The summed E-state index contributed by atoms with van der Waals surface area (Å²) < 4.78 is 5.35. The number of carbonyl (C=O) groups is 2. The van der Waals surface area contributed by atoms with Crippen LogP contribution in [0.3, 0.4) is 0 Å². The van der Waals surface area contributed by atoms with E-state index in [0.29, 0.717) is 25.2 Å². The molecule has 2 aromatic heterocycles. The van der Waals surface area contributed by atoms with Gasteiger partial charge in [-0.25, -0.2) is 0 Å². The molecule has 1 aliphatic carbocycles. The summed E-state index contributed by atoms with van der Waals surface area (Å²) in [6.07, 6.45) is 9.35. The Kier molecular flexibility index (Phi) is 8.56. The number of rotatable bonds is 12. The molecule has 1 saturated carbocycles. The summed E-state index contributed by atoms with van der Waals surface area (Å²) >= 11 is 0. The minimum atomic E-state index is -0.183. The van der Waals surface area contributed by atoms with E-state index in [1.807, 2.05) is 61.7 Å². The molecule has 1 aliphatic heterocycles. The van der Waals surface area contributed by atoms with Crippen molar-refractivity contribution >= 4 is 11.6 Å². The van der Waals surface area contributed by atoms with Crippen molar-refractivity contribution in [3.05, 3.63) is 83.5 Å². The Labute approximate surface area is 224 Å². The average molecular weight is 513 g/mol. The molecule has 198 valence electrons. The van der Waals surface area contributed by atoms with Gasteiger partial charge in [0.1, 0.15) is 5.78 Å². The van der Waals surface area contributed by atoms with Crippen molar-refractivity contribution in [3.8, 4) is 11.1 Å². The van der Waals surface area contributed by atoms with Crippen LogP contribution in [-0.4, -0.2) is 64.5 Å². The van der Waals surface area contributed by atoms with E-state index in [1.54, 1.807) is 6.08 Å². The Morgan fingerprint density at radius 1 is 1.11 bits per heavy atom. The van der Waals surface area contributed by atoms with Gasteiger partial charge in [-0.3, -0.25) is 24.6 Å². The molecule has 1 unspecified atom stereocenters.